The van der Waals surface area contributed by atoms with Crippen LogP contribution < -0.4 is 10.6 Å². The van der Waals surface area contributed by atoms with Crippen molar-refractivity contribution < 1.29 is 9.59 Å². The molecule has 1 aliphatic rings. The van der Waals surface area contributed by atoms with E-state index in [0.717, 1.165) is 38.0 Å². The van der Waals surface area contributed by atoms with Gasteiger partial charge in [0, 0.05) is 23.0 Å². The Labute approximate surface area is 158 Å². The maximum Gasteiger partial charge on any atom is 0.234 e. The highest BCUT2D eigenvalue weighted by Crippen LogP contribution is 2.19. The Bertz CT molecular complexity index is 695. The quantitative estimate of drug-likeness (QED) is 0.787. The van der Waals surface area contributed by atoms with Crippen LogP contribution in [-0.4, -0.2) is 42.9 Å². The topological polar surface area (TPSA) is 61.4 Å². The van der Waals surface area contributed by atoms with Gasteiger partial charge in [-0.25, -0.2) is 0 Å². The van der Waals surface area contributed by atoms with E-state index in [1.54, 1.807) is 11.3 Å². The minimum Gasteiger partial charge on any atom is -0.355 e. The summed E-state index contributed by atoms with van der Waals surface area (Å²) < 4.78 is 0. The number of carbonyl (C=O) groups is 2. The molecule has 1 aliphatic heterocycles. The van der Waals surface area contributed by atoms with E-state index in [9.17, 15) is 9.59 Å². The maximum atomic E-state index is 12.3. The lowest BCUT2D eigenvalue weighted by atomic mass is 9.96. The molecule has 2 amide bonds. The number of piperidine rings is 1. The number of amides is 2. The third-order valence-corrected chi connectivity index (χ3v) is 5.58. The van der Waals surface area contributed by atoms with Crippen molar-refractivity contribution in [3.05, 3.63) is 52.7 Å². The average Bonchev–Trinajstić information content (AvgIpc) is 3.16. The van der Waals surface area contributed by atoms with E-state index < -0.39 is 0 Å². The van der Waals surface area contributed by atoms with Gasteiger partial charge in [-0.3, -0.25) is 14.5 Å². The second-order valence-corrected chi connectivity index (χ2v) is 7.62. The highest BCUT2D eigenvalue weighted by molar-refractivity contribution is 7.09. The van der Waals surface area contributed by atoms with Gasteiger partial charge in [-0.05, 0) is 55.9 Å². The van der Waals surface area contributed by atoms with E-state index in [2.05, 4.69) is 27.0 Å². The van der Waals surface area contributed by atoms with Crippen LogP contribution >= 0.6 is 11.3 Å². The third kappa shape index (κ3) is 5.68. The van der Waals surface area contributed by atoms with Crippen LogP contribution in [-0.2, 0) is 16.0 Å². The van der Waals surface area contributed by atoms with Crippen LogP contribution in [0.4, 0.5) is 5.69 Å². The van der Waals surface area contributed by atoms with Crippen LogP contribution in [0.5, 0.6) is 0 Å². The SMILES string of the molecule is O=C(CN1CCC(C(=O)Nc2ccccc2)CC1)NCCc1cccs1. The lowest BCUT2D eigenvalue weighted by Gasteiger charge is -2.30. The standard InChI is InChI=1S/C20H25N3O2S/c24-19(21-11-8-18-7-4-14-26-18)15-23-12-9-16(10-13-23)20(25)22-17-5-2-1-3-6-17/h1-7,14,16H,8-13,15H2,(H,21,24)(H,22,25). The van der Waals surface area contributed by atoms with Crippen molar-refractivity contribution in [3.8, 4) is 0 Å². The van der Waals surface area contributed by atoms with Gasteiger partial charge in [-0.15, -0.1) is 11.3 Å². The number of nitrogens with zero attached hydrogens (tertiary/aromatic N) is 1. The van der Waals surface area contributed by atoms with Gasteiger partial charge in [0.1, 0.15) is 0 Å². The van der Waals surface area contributed by atoms with Crippen LogP contribution in [0.1, 0.15) is 17.7 Å². The summed E-state index contributed by atoms with van der Waals surface area (Å²) in [4.78, 5) is 27.8. The van der Waals surface area contributed by atoms with Crippen molar-refractivity contribution in [2.45, 2.75) is 19.3 Å². The van der Waals surface area contributed by atoms with Crippen LogP contribution in [0.2, 0.25) is 0 Å². The zero-order chi connectivity index (χ0) is 18.2. The van der Waals surface area contributed by atoms with Crippen LogP contribution in [0, 0.1) is 5.92 Å². The molecule has 1 aromatic heterocycles. The zero-order valence-electron chi connectivity index (χ0n) is 14.8. The fraction of sp³-hybridized carbons (Fsp3) is 0.400. The van der Waals surface area contributed by atoms with Crippen molar-refractivity contribution in [1.82, 2.24) is 10.2 Å². The average molecular weight is 372 g/mol. The molecule has 5 nitrogen and oxygen atoms in total. The van der Waals surface area contributed by atoms with E-state index in [1.165, 1.54) is 4.88 Å². The van der Waals surface area contributed by atoms with Crippen molar-refractivity contribution in [2.75, 3.05) is 31.5 Å². The van der Waals surface area contributed by atoms with Crippen molar-refractivity contribution >= 4 is 28.8 Å². The Morgan fingerprint density at radius 3 is 2.54 bits per heavy atom. The smallest absolute Gasteiger partial charge is 0.234 e. The first kappa shape index (κ1) is 18.6. The lowest BCUT2D eigenvalue weighted by Crippen LogP contribution is -2.43. The van der Waals surface area contributed by atoms with Gasteiger partial charge in [0.25, 0.3) is 0 Å². The van der Waals surface area contributed by atoms with Crippen LogP contribution in [0.25, 0.3) is 0 Å². The first-order chi connectivity index (χ1) is 12.7. The number of rotatable bonds is 7. The summed E-state index contributed by atoms with van der Waals surface area (Å²) in [6.07, 6.45) is 2.47. The normalized spacial score (nSPS) is 15.5. The summed E-state index contributed by atoms with van der Waals surface area (Å²) in [7, 11) is 0. The molecule has 1 aromatic carbocycles. The molecule has 6 heteroatoms. The van der Waals surface area contributed by atoms with E-state index in [4.69, 9.17) is 0 Å². The first-order valence-electron chi connectivity index (χ1n) is 9.08. The number of nitrogens with one attached hydrogen (secondary N) is 2. The number of carbonyl (C=O) groups excluding carboxylic acids is 2. The predicted molar refractivity (Wildman–Crippen MR) is 105 cm³/mol. The molecule has 3 rings (SSSR count). The van der Waals surface area contributed by atoms with Gasteiger partial charge in [-0.1, -0.05) is 24.3 Å². The third-order valence-electron chi connectivity index (χ3n) is 4.64. The Morgan fingerprint density at radius 1 is 1.08 bits per heavy atom. The summed E-state index contributed by atoms with van der Waals surface area (Å²) in [5.74, 6) is 0.165. The molecular formula is C20H25N3O2S. The fourth-order valence-electron chi connectivity index (χ4n) is 3.16. The molecule has 0 aliphatic carbocycles. The molecule has 1 fully saturated rings. The van der Waals surface area contributed by atoms with Crippen molar-refractivity contribution in [1.29, 1.82) is 0 Å². The molecular weight excluding hydrogens is 346 g/mol. The Balaban J connectivity index is 1.34. The molecule has 2 aromatic rings. The van der Waals surface area contributed by atoms with E-state index >= 15 is 0 Å². The molecule has 0 radical (unpaired) electrons. The van der Waals surface area contributed by atoms with Crippen LogP contribution in [0.3, 0.4) is 0 Å². The molecule has 138 valence electrons. The minimum absolute atomic E-state index is 0.0216. The van der Waals surface area contributed by atoms with Crippen LogP contribution in [0.15, 0.2) is 47.8 Å². The van der Waals surface area contributed by atoms with E-state index in [1.807, 2.05) is 36.4 Å². The van der Waals surface area contributed by atoms with Gasteiger partial charge in [0.2, 0.25) is 11.8 Å². The number of benzene rings is 1. The molecule has 0 atom stereocenters. The molecule has 0 bridgehead atoms. The summed E-state index contributed by atoms with van der Waals surface area (Å²) in [6, 6.07) is 13.7. The number of thiophene rings is 1. The number of hydrogen-bond acceptors (Lipinski definition) is 4. The van der Waals surface area contributed by atoms with Crippen molar-refractivity contribution in [3.63, 3.8) is 0 Å². The Kier molecular flexibility index (Phi) is 6.80. The molecule has 26 heavy (non-hydrogen) atoms. The largest absolute Gasteiger partial charge is 0.355 e. The monoisotopic (exact) mass is 371 g/mol. The highest BCUT2D eigenvalue weighted by atomic mass is 32.1. The summed E-state index contributed by atoms with van der Waals surface area (Å²) >= 11 is 1.71. The fourth-order valence-corrected chi connectivity index (χ4v) is 3.87. The van der Waals surface area contributed by atoms with Gasteiger partial charge in [-0.2, -0.15) is 0 Å². The van der Waals surface area contributed by atoms with Gasteiger partial charge >= 0.3 is 0 Å². The number of likely N-dealkylation sites (tertiary alicyclic amines) is 1. The summed E-state index contributed by atoms with van der Waals surface area (Å²) in [5, 5.41) is 8.01. The number of para-hydroxylation sites is 1. The van der Waals surface area contributed by atoms with Gasteiger partial charge < -0.3 is 10.6 Å². The second-order valence-electron chi connectivity index (χ2n) is 6.59. The summed E-state index contributed by atoms with van der Waals surface area (Å²) in [5.41, 5.74) is 0.838. The Morgan fingerprint density at radius 2 is 1.85 bits per heavy atom. The highest BCUT2D eigenvalue weighted by Gasteiger charge is 2.25. The molecule has 2 heterocycles. The molecule has 0 saturated carbocycles. The Hall–Kier alpha value is -2.18. The molecule has 1 saturated heterocycles. The lowest BCUT2D eigenvalue weighted by molar-refractivity contribution is -0.123. The maximum absolute atomic E-state index is 12.3. The molecule has 2 N–H and O–H groups in total. The predicted octanol–water partition coefficient (Wildman–Crippen LogP) is 2.76. The zero-order valence-corrected chi connectivity index (χ0v) is 15.6. The van der Waals surface area contributed by atoms with Gasteiger partial charge in [0.15, 0.2) is 0 Å². The molecule has 0 unspecified atom stereocenters. The van der Waals surface area contributed by atoms with E-state index in [-0.39, 0.29) is 17.7 Å². The number of anilines is 1. The first-order valence-corrected chi connectivity index (χ1v) is 9.96. The molecule has 0 spiro atoms. The second kappa shape index (κ2) is 9.50. The van der Waals surface area contributed by atoms with E-state index in [0.29, 0.717) is 13.1 Å². The van der Waals surface area contributed by atoms with Gasteiger partial charge in [0.05, 0.1) is 6.54 Å². The minimum atomic E-state index is 0.0216. The van der Waals surface area contributed by atoms with Crippen molar-refractivity contribution in [2.24, 2.45) is 5.92 Å². The summed E-state index contributed by atoms with van der Waals surface area (Å²) in [6.45, 7) is 2.66. The number of hydrogen-bond donors (Lipinski definition) is 2.